The largest absolute Gasteiger partial charge is 0.391 e. The van der Waals surface area contributed by atoms with Crippen molar-refractivity contribution in [1.29, 1.82) is 0 Å². The molecule has 1 aliphatic carbocycles. The number of aryl methyl sites for hydroxylation is 1. The average molecular weight is 243 g/mol. The van der Waals surface area contributed by atoms with Crippen molar-refractivity contribution in [3.05, 3.63) is 53.6 Å². The quantitative estimate of drug-likeness (QED) is 0.850. The van der Waals surface area contributed by atoms with E-state index in [4.69, 9.17) is 0 Å². The summed E-state index contributed by atoms with van der Waals surface area (Å²) >= 11 is 0. The van der Waals surface area contributed by atoms with Gasteiger partial charge in [-0.3, -0.25) is 0 Å². The Labute approximate surface area is 106 Å². The second-order valence-electron chi connectivity index (χ2n) is 4.78. The molecule has 0 spiro atoms. The molecule has 2 atom stereocenters. The second kappa shape index (κ2) is 4.55. The maximum atomic E-state index is 10.1. The van der Waals surface area contributed by atoms with Gasteiger partial charge in [0.2, 0.25) is 0 Å². The van der Waals surface area contributed by atoms with E-state index in [0.29, 0.717) is 6.54 Å². The van der Waals surface area contributed by atoms with Gasteiger partial charge in [-0.15, -0.1) is 0 Å². The van der Waals surface area contributed by atoms with Gasteiger partial charge < -0.3 is 15.0 Å². The summed E-state index contributed by atoms with van der Waals surface area (Å²) in [6.07, 6.45) is 4.10. The number of hydrogen-bond acceptors (Lipinski definition) is 3. The average Bonchev–Trinajstić information content (AvgIpc) is 2.90. The van der Waals surface area contributed by atoms with E-state index < -0.39 is 0 Å². The monoisotopic (exact) mass is 243 g/mol. The Hall–Kier alpha value is -1.65. The highest BCUT2D eigenvalue weighted by Crippen LogP contribution is 2.31. The molecule has 0 radical (unpaired) electrons. The minimum Gasteiger partial charge on any atom is -0.391 e. The lowest BCUT2D eigenvalue weighted by Crippen LogP contribution is -2.29. The maximum Gasteiger partial charge on any atom is 0.122 e. The summed E-state index contributed by atoms with van der Waals surface area (Å²) < 4.78 is 1.99. The summed E-state index contributed by atoms with van der Waals surface area (Å²) in [4.78, 5) is 4.28. The molecule has 0 aliphatic heterocycles. The van der Waals surface area contributed by atoms with Crippen molar-refractivity contribution in [2.24, 2.45) is 7.05 Å². The number of nitrogens with one attached hydrogen (secondary N) is 1. The van der Waals surface area contributed by atoms with Crippen LogP contribution in [0.2, 0.25) is 0 Å². The van der Waals surface area contributed by atoms with Crippen molar-refractivity contribution in [3.8, 4) is 0 Å². The van der Waals surface area contributed by atoms with E-state index >= 15 is 0 Å². The zero-order chi connectivity index (χ0) is 12.5. The predicted molar refractivity (Wildman–Crippen MR) is 68.9 cm³/mol. The molecule has 2 aromatic rings. The lowest BCUT2D eigenvalue weighted by molar-refractivity contribution is 0.140. The molecule has 3 rings (SSSR count). The molecule has 0 amide bonds. The van der Waals surface area contributed by atoms with E-state index in [0.717, 1.165) is 12.2 Å². The highest BCUT2D eigenvalue weighted by molar-refractivity contribution is 5.36. The SMILES string of the molecule is Cn1ccnc1CNC1c2ccccc2CC1O. The molecule has 2 unspecified atom stereocenters. The highest BCUT2D eigenvalue weighted by atomic mass is 16.3. The first kappa shape index (κ1) is 11.4. The first-order chi connectivity index (χ1) is 8.75. The molecule has 1 aliphatic rings. The van der Waals surface area contributed by atoms with Crippen LogP contribution in [0.3, 0.4) is 0 Å². The first-order valence-electron chi connectivity index (χ1n) is 6.21. The Balaban J connectivity index is 1.75. The van der Waals surface area contributed by atoms with Crippen LogP contribution in [-0.2, 0) is 20.0 Å². The molecule has 1 aromatic carbocycles. The lowest BCUT2D eigenvalue weighted by atomic mass is 10.1. The van der Waals surface area contributed by atoms with Crippen LogP contribution in [0.4, 0.5) is 0 Å². The molecule has 18 heavy (non-hydrogen) atoms. The minimum absolute atomic E-state index is 0.0119. The van der Waals surface area contributed by atoms with Crippen molar-refractivity contribution in [3.63, 3.8) is 0 Å². The van der Waals surface area contributed by atoms with Gasteiger partial charge in [0, 0.05) is 25.9 Å². The zero-order valence-electron chi connectivity index (χ0n) is 10.4. The summed E-state index contributed by atoms with van der Waals surface area (Å²) in [5.41, 5.74) is 2.45. The topological polar surface area (TPSA) is 50.1 Å². The highest BCUT2D eigenvalue weighted by Gasteiger charge is 2.30. The van der Waals surface area contributed by atoms with Gasteiger partial charge in [0.15, 0.2) is 0 Å². The van der Waals surface area contributed by atoms with E-state index in [-0.39, 0.29) is 12.1 Å². The van der Waals surface area contributed by atoms with Crippen molar-refractivity contribution in [2.75, 3.05) is 0 Å². The number of aromatic nitrogens is 2. The summed E-state index contributed by atoms with van der Waals surface area (Å²) in [5, 5.41) is 13.5. The standard InChI is InChI=1S/C14H17N3O/c1-17-7-6-15-13(17)9-16-14-11-5-3-2-4-10(11)8-12(14)18/h2-7,12,14,16,18H,8-9H2,1H3. The summed E-state index contributed by atoms with van der Waals surface area (Å²) in [7, 11) is 1.98. The number of aliphatic hydroxyl groups excluding tert-OH is 1. The Morgan fingerprint density at radius 3 is 3.06 bits per heavy atom. The van der Waals surface area contributed by atoms with E-state index in [1.54, 1.807) is 6.20 Å². The van der Waals surface area contributed by atoms with Gasteiger partial charge in [-0.05, 0) is 11.1 Å². The molecule has 2 N–H and O–H groups in total. The number of fused-ring (bicyclic) bond motifs is 1. The summed E-state index contributed by atoms with van der Waals surface area (Å²) in [6, 6.07) is 8.22. The minimum atomic E-state index is -0.345. The number of imidazole rings is 1. The van der Waals surface area contributed by atoms with Crippen LogP contribution in [0.5, 0.6) is 0 Å². The van der Waals surface area contributed by atoms with Crippen molar-refractivity contribution < 1.29 is 5.11 Å². The van der Waals surface area contributed by atoms with Crippen LogP contribution in [0.25, 0.3) is 0 Å². The lowest BCUT2D eigenvalue weighted by Gasteiger charge is -2.17. The molecule has 94 valence electrons. The molecule has 1 aromatic heterocycles. The first-order valence-corrected chi connectivity index (χ1v) is 6.21. The smallest absolute Gasteiger partial charge is 0.122 e. The van der Waals surface area contributed by atoms with E-state index in [1.807, 2.05) is 29.9 Å². The Morgan fingerprint density at radius 2 is 2.28 bits per heavy atom. The van der Waals surface area contributed by atoms with Crippen LogP contribution in [0.15, 0.2) is 36.7 Å². The molecule has 4 heteroatoms. The number of nitrogens with zero attached hydrogens (tertiary/aromatic N) is 2. The molecule has 0 fully saturated rings. The fraction of sp³-hybridized carbons (Fsp3) is 0.357. The maximum absolute atomic E-state index is 10.1. The van der Waals surface area contributed by atoms with Gasteiger partial charge >= 0.3 is 0 Å². The van der Waals surface area contributed by atoms with Crippen LogP contribution in [-0.4, -0.2) is 20.8 Å². The van der Waals surface area contributed by atoms with Gasteiger partial charge in [0.05, 0.1) is 18.7 Å². The third-order valence-corrected chi connectivity index (χ3v) is 3.61. The Morgan fingerprint density at radius 1 is 1.44 bits per heavy atom. The van der Waals surface area contributed by atoms with Crippen molar-refractivity contribution in [1.82, 2.24) is 14.9 Å². The molecule has 1 heterocycles. The van der Waals surface area contributed by atoms with E-state index in [1.165, 1.54) is 11.1 Å². The summed E-state index contributed by atoms with van der Waals surface area (Å²) in [6.45, 7) is 0.666. The van der Waals surface area contributed by atoms with Crippen LogP contribution in [0, 0.1) is 0 Å². The Bertz CT molecular complexity index is 549. The van der Waals surface area contributed by atoms with Gasteiger partial charge in [-0.1, -0.05) is 24.3 Å². The summed E-state index contributed by atoms with van der Waals surface area (Å²) in [5.74, 6) is 0.978. The molecule has 0 saturated heterocycles. The van der Waals surface area contributed by atoms with Crippen LogP contribution < -0.4 is 5.32 Å². The molecular weight excluding hydrogens is 226 g/mol. The fourth-order valence-corrected chi connectivity index (χ4v) is 2.59. The number of rotatable bonds is 3. The van der Waals surface area contributed by atoms with E-state index in [9.17, 15) is 5.11 Å². The van der Waals surface area contributed by atoms with Gasteiger partial charge in [-0.25, -0.2) is 4.98 Å². The normalized spacial score (nSPS) is 22.1. The second-order valence-corrected chi connectivity index (χ2v) is 4.78. The number of benzene rings is 1. The van der Waals surface area contributed by atoms with Crippen LogP contribution >= 0.6 is 0 Å². The molecular formula is C14H17N3O. The fourth-order valence-electron chi connectivity index (χ4n) is 2.59. The van der Waals surface area contributed by atoms with Gasteiger partial charge in [0.1, 0.15) is 5.82 Å². The predicted octanol–water partition coefficient (Wildman–Crippen LogP) is 1.17. The van der Waals surface area contributed by atoms with Crippen molar-refractivity contribution >= 4 is 0 Å². The third-order valence-electron chi connectivity index (χ3n) is 3.61. The zero-order valence-corrected chi connectivity index (χ0v) is 10.4. The van der Waals surface area contributed by atoms with Crippen molar-refractivity contribution in [2.45, 2.75) is 25.1 Å². The van der Waals surface area contributed by atoms with Gasteiger partial charge in [0.25, 0.3) is 0 Å². The van der Waals surface area contributed by atoms with E-state index in [2.05, 4.69) is 22.4 Å². The molecule has 0 saturated carbocycles. The number of hydrogen-bond donors (Lipinski definition) is 2. The van der Waals surface area contributed by atoms with Crippen LogP contribution in [0.1, 0.15) is 23.0 Å². The van der Waals surface area contributed by atoms with Gasteiger partial charge in [-0.2, -0.15) is 0 Å². The third kappa shape index (κ3) is 1.94. The molecule has 0 bridgehead atoms. The Kier molecular flexibility index (Phi) is 2.89. The number of aliphatic hydroxyl groups is 1. The molecule has 4 nitrogen and oxygen atoms in total.